The van der Waals surface area contributed by atoms with Crippen molar-refractivity contribution in [2.24, 2.45) is 0 Å². The smallest absolute Gasteiger partial charge is 0.231 e. The number of hydrogen-bond acceptors (Lipinski definition) is 6. The highest BCUT2D eigenvalue weighted by atomic mass is 35.5. The third-order valence-corrected chi connectivity index (χ3v) is 6.16. The summed E-state index contributed by atoms with van der Waals surface area (Å²) < 4.78 is 10.9. The Balaban J connectivity index is 1.31. The number of fused-ring (bicyclic) bond motifs is 2. The van der Waals surface area contributed by atoms with E-state index < -0.39 is 0 Å². The summed E-state index contributed by atoms with van der Waals surface area (Å²) in [5, 5.41) is 0.670. The lowest BCUT2D eigenvalue weighted by Gasteiger charge is -2.25. The molecular formula is C20H21ClN4O3. The number of likely N-dealkylation sites (tertiary alicyclic amines) is 2. The number of aryl methyl sites for hydroxylation is 1. The summed E-state index contributed by atoms with van der Waals surface area (Å²) in [7, 11) is 0. The van der Waals surface area contributed by atoms with E-state index in [-0.39, 0.29) is 24.8 Å². The van der Waals surface area contributed by atoms with Crippen molar-refractivity contribution in [3.63, 3.8) is 0 Å². The molecule has 0 unspecified atom stereocenters. The first-order valence-electron chi connectivity index (χ1n) is 9.47. The molecule has 4 heterocycles. The van der Waals surface area contributed by atoms with E-state index in [2.05, 4.69) is 14.9 Å². The molecule has 0 bridgehead atoms. The topological polar surface area (TPSA) is 67.8 Å². The molecule has 8 heteroatoms. The van der Waals surface area contributed by atoms with Crippen molar-refractivity contribution >= 4 is 17.5 Å². The Morgan fingerprint density at radius 3 is 2.75 bits per heavy atom. The Kier molecular flexibility index (Phi) is 4.36. The van der Waals surface area contributed by atoms with Gasteiger partial charge in [-0.3, -0.25) is 19.7 Å². The molecular weight excluding hydrogens is 380 g/mol. The second kappa shape index (κ2) is 6.90. The lowest BCUT2D eigenvalue weighted by atomic mass is 10.1. The first-order chi connectivity index (χ1) is 13.6. The summed E-state index contributed by atoms with van der Waals surface area (Å²) in [5.41, 5.74) is 2.71. The molecule has 2 aromatic rings. The largest absolute Gasteiger partial charge is 0.454 e. The Morgan fingerprint density at radius 2 is 1.96 bits per heavy atom. The number of benzene rings is 1. The minimum Gasteiger partial charge on any atom is -0.454 e. The van der Waals surface area contributed by atoms with Crippen LogP contribution in [-0.2, 0) is 17.9 Å². The summed E-state index contributed by atoms with van der Waals surface area (Å²) >= 11 is 6.45. The Bertz CT molecular complexity index is 920. The molecule has 0 N–H and O–H groups in total. The van der Waals surface area contributed by atoms with Gasteiger partial charge in [0, 0.05) is 48.9 Å². The molecule has 2 saturated heterocycles. The number of carbonyl (C=O) groups excluding carboxylic acids is 1. The fraction of sp³-hybridized carbons (Fsp3) is 0.450. The number of rotatable bonds is 4. The van der Waals surface area contributed by atoms with Crippen molar-refractivity contribution in [1.29, 1.82) is 0 Å². The quantitative estimate of drug-likeness (QED) is 0.785. The minimum atomic E-state index is 0.179. The van der Waals surface area contributed by atoms with Crippen LogP contribution in [0.5, 0.6) is 11.5 Å². The van der Waals surface area contributed by atoms with Crippen molar-refractivity contribution in [2.75, 3.05) is 13.3 Å². The molecule has 28 heavy (non-hydrogen) atoms. The second-order valence-corrected chi connectivity index (χ2v) is 7.97. The number of carbonyl (C=O) groups is 1. The average Bonchev–Trinajstić information content (AvgIpc) is 3.35. The maximum Gasteiger partial charge on any atom is 0.231 e. The molecule has 7 nitrogen and oxygen atoms in total. The van der Waals surface area contributed by atoms with E-state index in [1.54, 1.807) is 12.4 Å². The van der Waals surface area contributed by atoms with Crippen molar-refractivity contribution in [3.8, 4) is 11.5 Å². The molecule has 3 aliphatic rings. The maximum absolute atomic E-state index is 12.7. The Labute approximate surface area is 168 Å². The molecule has 0 spiro atoms. The van der Waals surface area contributed by atoms with Gasteiger partial charge in [-0.15, -0.1) is 0 Å². The van der Waals surface area contributed by atoms with Gasteiger partial charge in [-0.25, -0.2) is 0 Å². The van der Waals surface area contributed by atoms with E-state index in [0.29, 0.717) is 30.3 Å². The standard InChI is InChI=1S/C20H21ClN4O3/c1-12-7-23-14(8-22-12)10-25-16-2-3-24(17(16)6-20(25)26)9-13-4-18-19(5-15(13)21)28-11-27-18/h4-5,7-8,16-17H,2-3,6,9-11H2,1H3/t16-,17-/m0/s1. The first-order valence-corrected chi connectivity index (χ1v) is 9.85. The average molecular weight is 401 g/mol. The molecule has 3 aliphatic heterocycles. The Morgan fingerprint density at radius 1 is 1.14 bits per heavy atom. The zero-order valence-corrected chi connectivity index (χ0v) is 16.4. The van der Waals surface area contributed by atoms with Gasteiger partial charge >= 0.3 is 0 Å². The molecule has 2 fully saturated rings. The monoisotopic (exact) mass is 400 g/mol. The number of ether oxygens (including phenoxy) is 2. The van der Waals surface area contributed by atoms with Crippen LogP contribution in [0.1, 0.15) is 29.8 Å². The summed E-state index contributed by atoms with van der Waals surface area (Å²) in [5.74, 6) is 1.60. The van der Waals surface area contributed by atoms with Crippen LogP contribution in [0.25, 0.3) is 0 Å². The Hall–Kier alpha value is -2.38. The van der Waals surface area contributed by atoms with E-state index in [4.69, 9.17) is 21.1 Å². The molecule has 1 amide bonds. The zero-order valence-electron chi connectivity index (χ0n) is 15.6. The highest BCUT2D eigenvalue weighted by molar-refractivity contribution is 6.31. The molecule has 2 atom stereocenters. The predicted octanol–water partition coefficient (Wildman–Crippen LogP) is 2.54. The van der Waals surface area contributed by atoms with Gasteiger partial charge in [-0.05, 0) is 25.0 Å². The molecule has 1 aromatic carbocycles. The maximum atomic E-state index is 12.7. The van der Waals surface area contributed by atoms with Crippen LogP contribution in [0.3, 0.4) is 0 Å². The van der Waals surface area contributed by atoms with E-state index >= 15 is 0 Å². The summed E-state index contributed by atoms with van der Waals surface area (Å²) in [4.78, 5) is 25.7. The van der Waals surface area contributed by atoms with Crippen molar-refractivity contribution in [1.82, 2.24) is 19.8 Å². The molecule has 1 aromatic heterocycles. The van der Waals surface area contributed by atoms with Crippen LogP contribution in [0.2, 0.25) is 5.02 Å². The van der Waals surface area contributed by atoms with Crippen LogP contribution in [0.15, 0.2) is 24.5 Å². The minimum absolute atomic E-state index is 0.179. The normalized spacial score (nSPS) is 23.5. The summed E-state index contributed by atoms with van der Waals surface area (Å²) in [6, 6.07) is 4.18. The summed E-state index contributed by atoms with van der Waals surface area (Å²) in [6.45, 7) is 4.29. The highest BCUT2D eigenvalue weighted by Gasteiger charge is 2.46. The number of amides is 1. The van der Waals surface area contributed by atoms with Gasteiger partial charge in [0.2, 0.25) is 12.7 Å². The molecule has 146 valence electrons. The fourth-order valence-corrected chi connectivity index (χ4v) is 4.60. The number of aromatic nitrogens is 2. The van der Waals surface area contributed by atoms with Crippen molar-refractivity contribution in [3.05, 3.63) is 46.5 Å². The first kappa shape index (κ1) is 17.7. The van der Waals surface area contributed by atoms with E-state index in [1.165, 1.54) is 0 Å². The SMILES string of the molecule is Cc1cnc(CN2C(=O)C[C@H]3[C@@H]2CCN3Cc2cc3c(cc2Cl)OCO3)cn1. The van der Waals surface area contributed by atoms with Crippen LogP contribution >= 0.6 is 11.6 Å². The van der Waals surface area contributed by atoms with Gasteiger partial charge in [-0.1, -0.05) is 11.6 Å². The predicted molar refractivity (Wildman–Crippen MR) is 102 cm³/mol. The lowest BCUT2D eigenvalue weighted by molar-refractivity contribution is -0.129. The van der Waals surface area contributed by atoms with Crippen LogP contribution in [0, 0.1) is 6.92 Å². The number of hydrogen-bond donors (Lipinski definition) is 0. The van der Waals surface area contributed by atoms with Crippen molar-refractivity contribution < 1.29 is 14.3 Å². The fourth-order valence-electron chi connectivity index (χ4n) is 4.39. The van der Waals surface area contributed by atoms with Crippen LogP contribution in [-0.4, -0.2) is 51.1 Å². The second-order valence-electron chi connectivity index (χ2n) is 7.57. The third kappa shape index (κ3) is 3.08. The third-order valence-electron chi connectivity index (χ3n) is 5.81. The lowest BCUT2D eigenvalue weighted by Crippen LogP contribution is -2.37. The molecule has 0 radical (unpaired) electrons. The van der Waals surface area contributed by atoms with Gasteiger partial charge in [0.15, 0.2) is 11.5 Å². The number of halogens is 1. The van der Waals surface area contributed by atoms with Gasteiger partial charge in [-0.2, -0.15) is 0 Å². The van der Waals surface area contributed by atoms with Crippen LogP contribution in [0.4, 0.5) is 0 Å². The van der Waals surface area contributed by atoms with Gasteiger partial charge in [0.25, 0.3) is 0 Å². The number of nitrogens with zero attached hydrogens (tertiary/aromatic N) is 4. The van der Waals surface area contributed by atoms with E-state index in [9.17, 15) is 4.79 Å². The zero-order chi connectivity index (χ0) is 19.3. The van der Waals surface area contributed by atoms with E-state index in [0.717, 1.165) is 35.7 Å². The van der Waals surface area contributed by atoms with Crippen LogP contribution < -0.4 is 9.47 Å². The summed E-state index contributed by atoms with van der Waals surface area (Å²) in [6.07, 6.45) is 5.00. The highest BCUT2D eigenvalue weighted by Crippen LogP contribution is 2.39. The van der Waals surface area contributed by atoms with Gasteiger partial charge < -0.3 is 14.4 Å². The van der Waals surface area contributed by atoms with Crippen molar-refractivity contribution in [2.45, 2.75) is 44.9 Å². The van der Waals surface area contributed by atoms with E-state index in [1.807, 2.05) is 24.0 Å². The molecule has 0 aliphatic carbocycles. The molecule has 0 saturated carbocycles. The molecule has 5 rings (SSSR count). The van der Waals surface area contributed by atoms with Gasteiger partial charge in [0.05, 0.1) is 24.1 Å². The van der Waals surface area contributed by atoms with Gasteiger partial charge in [0.1, 0.15) is 0 Å².